The van der Waals surface area contributed by atoms with E-state index in [-0.39, 0.29) is 16.2 Å². The summed E-state index contributed by atoms with van der Waals surface area (Å²) in [4.78, 5) is 10.5. The Morgan fingerprint density at radius 3 is 2.41 bits per heavy atom. The van der Waals surface area contributed by atoms with Gasteiger partial charge in [-0.1, -0.05) is 6.07 Å². The Morgan fingerprint density at radius 2 is 2.00 bits per heavy atom. The van der Waals surface area contributed by atoms with E-state index in [2.05, 4.69) is 0 Å². The van der Waals surface area contributed by atoms with Gasteiger partial charge in [-0.3, -0.25) is 0 Å². The third-order valence-electron chi connectivity index (χ3n) is 2.14. The summed E-state index contributed by atoms with van der Waals surface area (Å²) in [6, 6.07) is 3.63. The van der Waals surface area contributed by atoms with Crippen LogP contribution in [0.3, 0.4) is 0 Å². The smallest absolute Gasteiger partial charge is 0.337 e. The normalized spacial score (nSPS) is 13.1. The molecule has 0 fully saturated rings. The van der Waals surface area contributed by atoms with Crippen molar-refractivity contribution in [1.82, 2.24) is 0 Å². The van der Waals surface area contributed by atoms with E-state index in [0.717, 1.165) is 6.26 Å². The number of carboxylic acids is 1. The lowest BCUT2D eigenvalue weighted by molar-refractivity contribution is -0.146. The van der Waals surface area contributed by atoms with Crippen LogP contribution in [-0.2, 0) is 14.6 Å². The van der Waals surface area contributed by atoms with Crippen LogP contribution >= 0.6 is 0 Å². The van der Waals surface area contributed by atoms with Gasteiger partial charge in [0.25, 0.3) is 0 Å². The zero-order valence-corrected chi connectivity index (χ0v) is 10.1. The van der Waals surface area contributed by atoms with E-state index in [9.17, 15) is 18.3 Å². The highest BCUT2D eigenvalue weighted by atomic mass is 32.2. The van der Waals surface area contributed by atoms with Gasteiger partial charge in [-0.15, -0.1) is 0 Å². The molecule has 0 heterocycles. The van der Waals surface area contributed by atoms with Crippen LogP contribution in [0.2, 0.25) is 0 Å². The number of benzene rings is 1. The van der Waals surface area contributed by atoms with Crippen LogP contribution < -0.4 is 4.74 Å². The molecule has 2 N–H and O–H groups in total. The number of carbonyl (C=O) groups is 1. The highest BCUT2D eigenvalue weighted by Gasteiger charge is 2.20. The zero-order valence-electron chi connectivity index (χ0n) is 9.25. The van der Waals surface area contributed by atoms with Gasteiger partial charge in [-0.2, -0.15) is 0 Å². The second-order valence-electron chi connectivity index (χ2n) is 3.42. The second kappa shape index (κ2) is 4.72. The number of aliphatic hydroxyl groups excluding tert-OH is 1. The quantitative estimate of drug-likeness (QED) is 0.803. The van der Waals surface area contributed by atoms with E-state index >= 15 is 0 Å². The molecule has 0 aliphatic rings. The predicted octanol–water partition coefficient (Wildman–Crippen LogP) is 0.217. The zero-order chi connectivity index (χ0) is 13.2. The molecule has 7 heteroatoms. The van der Waals surface area contributed by atoms with E-state index in [1.165, 1.54) is 25.3 Å². The van der Waals surface area contributed by atoms with Crippen molar-refractivity contribution in [2.45, 2.75) is 11.0 Å². The number of ether oxygens (including phenoxy) is 1. The Hall–Kier alpha value is -1.60. The standard InChI is InChI=1S/C10H12O6S/c1-16-7-5-6(9(11)10(12)13)3-4-8(7)17(2,14)15/h3-5,9,11H,1-2H3,(H,12,13). The summed E-state index contributed by atoms with van der Waals surface area (Å²) in [5, 5.41) is 17.9. The molecule has 94 valence electrons. The number of aliphatic carboxylic acids is 1. The Morgan fingerprint density at radius 1 is 1.41 bits per heavy atom. The van der Waals surface area contributed by atoms with E-state index in [1.807, 2.05) is 0 Å². The lowest BCUT2D eigenvalue weighted by Crippen LogP contribution is -2.11. The van der Waals surface area contributed by atoms with Crippen LogP contribution in [0.5, 0.6) is 5.75 Å². The summed E-state index contributed by atoms with van der Waals surface area (Å²) in [5.41, 5.74) is 0.0572. The largest absolute Gasteiger partial charge is 0.495 e. The first kappa shape index (κ1) is 13.5. The highest BCUT2D eigenvalue weighted by molar-refractivity contribution is 7.90. The molecule has 1 atom stereocenters. The third-order valence-corrected chi connectivity index (χ3v) is 3.27. The molecule has 0 aromatic heterocycles. The molecule has 6 nitrogen and oxygen atoms in total. The van der Waals surface area contributed by atoms with Crippen molar-refractivity contribution in [3.8, 4) is 5.75 Å². The molecule has 17 heavy (non-hydrogen) atoms. The average Bonchev–Trinajstić information content (AvgIpc) is 2.25. The molecular weight excluding hydrogens is 248 g/mol. The minimum absolute atomic E-state index is 0.00491. The molecule has 0 aliphatic carbocycles. The van der Waals surface area contributed by atoms with Gasteiger partial charge in [-0.25, -0.2) is 13.2 Å². The molecule has 0 radical (unpaired) electrons. The molecule has 0 saturated heterocycles. The Kier molecular flexibility index (Phi) is 3.74. The van der Waals surface area contributed by atoms with Gasteiger partial charge in [0, 0.05) is 6.26 Å². The van der Waals surface area contributed by atoms with Crippen molar-refractivity contribution in [3.05, 3.63) is 23.8 Å². The number of carboxylic acid groups (broad SMARTS) is 1. The molecule has 1 aromatic carbocycles. The van der Waals surface area contributed by atoms with E-state index in [1.54, 1.807) is 0 Å². The van der Waals surface area contributed by atoms with Gasteiger partial charge >= 0.3 is 5.97 Å². The first-order valence-corrected chi connectivity index (χ1v) is 6.45. The van der Waals surface area contributed by atoms with Crippen LogP contribution in [0.4, 0.5) is 0 Å². The molecule has 1 unspecified atom stereocenters. The minimum Gasteiger partial charge on any atom is -0.495 e. The summed E-state index contributed by atoms with van der Waals surface area (Å²) in [6.07, 6.45) is -0.699. The van der Waals surface area contributed by atoms with Gasteiger partial charge in [-0.05, 0) is 17.7 Å². The first-order valence-electron chi connectivity index (χ1n) is 4.56. The molecule has 1 aromatic rings. The Balaban J connectivity index is 3.32. The number of methoxy groups -OCH3 is 1. The number of hydrogen-bond donors (Lipinski definition) is 2. The lowest BCUT2D eigenvalue weighted by Gasteiger charge is -2.11. The molecule has 0 spiro atoms. The number of sulfone groups is 1. The van der Waals surface area contributed by atoms with E-state index in [0.29, 0.717) is 0 Å². The first-order chi connectivity index (χ1) is 7.77. The molecular formula is C10H12O6S. The number of rotatable bonds is 4. The molecule has 0 bridgehead atoms. The van der Waals surface area contributed by atoms with Crippen molar-refractivity contribution < 1.29 is 28.2 Å². The Bertz CT molecular complexity index is 534. The average molecular weight is 260 g/mol. The maximum Gasteiger partial charge on any atom is 0.337 e. The molecule has 0 amide bonds. The fraction of sp³-hybridized carbons (Fsp3) is 0.300. The minimum atomic E-state index is -3.46. The van der Waals surface area contributed by atoms with Gasteiger partial charge in [0.1, 0.15) is 10.6 Å². The maximum atomic E-state index is 11.4. The number of aliphatic hydroxyl groups is 1. The highest BCUT2D eigenvalue weighted by Crippen LogP contribution is 2.27. The van der Waals surface area contributed by atoms with Gasteiger partial charge < -0.3 is 14.9 Å². The maximum absolute atomic E-state index is 11.4. The molecule has 0 saturated carbocycles. The Labute approximate surface area is 98.4 Å². The van der Waals surface area contributed by atoms with Gasteiger partial charge in [0.15, 0.2) is 15.9 Å². The summed E-state index contributed by atoms with van der Waals surface area (Å²) in [7, 11) is -2.20. The predicted molar refractivity (Wildman–Crippen MR) is 58.7 cm³/mol. The van der Waals surface area contributed by atoms with Crippen LogP contribution in [0, 0.1) is 0 Å². The molecule has 0 aliphatic heterocycles. The van der Waals surface area contributed by atoms with E-state index in [4.69, 9.17) is 9.84 Å². The second-order valence-corrected chi connectivity index (χ2v) is 5.41. The van der Waals surface area contributed by atoms with Crippen LogP contribution in [0.1, 0.15) is 11.7 Å². The topological polar surface area (TPSA) is 101 Å². The number of hydrogen-bond acceptors (Lipinski definition) is 5. The summed E-state index contributed by atoms with van der Waals surface area (Å²) in [6.45, 7) is 0. The fourth-order valence-electron chi connectivity index (χ4n) is 1.30. The summed E-state index contributed by atoms with van der Waals surface area (Å²) in [5.74, 6) is -1.41. The SMILES string of the molecule is COc1cc(C(O)C(=O)O)ccc1S(C)(=O)=O. The summed E-state index contributed by atoms with van der Waals surface area (Å²) < 4.78 is 27.6. The van der Waals surface area contributed by atoms with Crippen molar-refractivity contribution in [2.75, 3.05) is 13.4 Å². The van der Waals surface area contributed by atoms with Crippen molar-refractivity contribution in [2.24, 2.45) is 0 Å². The fourth-order valence-corrected chi connectivity index (χ4v) is 2.13. The lowest BCUT2D eigenvalue weighted by atomic mass is 10.1. The van der Waals surface area contributed by atoms with Crippen LogP contribution in [0.25, 0.3) is 0 Å². The van der Waals surface area contributed by atoms with Gasteiger partial charge in [0.2, 0.25) is 0 Å². The van der Waals surface area contributed by atoms with Crippen molar-refractivity contribution in [1.29, 1.82) is 0 Å². The third kappa shape index (κ3) is 2.95. The van der Waals surface area contributed by atoms with Crippen LogP contribution in [0.15, 0.2) is 23.1 Å². The van der Waals surface area contributed by atoms with Gasteiger partial charge in [0.05, 0.1) is 7.11 Å². The van der Waals surface area contributed by atoms with E-state index < -0.39 is 21.9 Å². The summed E-state index contributed by atoms with van der Waals surface area (Å²) >= 11 is 0. The van der Waals surface area contributed by atoms with Crippen molar-refractivity contribution >= 4 is 15.8 Å². The molecule has 1 rings (SSSR count). The van der Waals surface area contributed by atoms with Crippen molar-refractivity contribution in [3.63, 3.8) is 0 Å². The van der Waals surface area contributed by atoms with Crippen LogP contribution in [-0.4, -0.2) is 38.0 Å². The monoisotopic (exact) mass is 260 g/mol.